The number of anilines is 3. The molecule has 8 heteroatoms. The quantitative estimate of drug-likeness (QED) is 0.378. The van der Waals surface area contributed by atoms with Crippen molar-refractivity contribution in [2.45, 2.75) is 19.8 Å². The van der Waals surface area contributed by atoms with Gasteiger partial charge in [-0.05, 0) is 54.8 Å². The Balaban J connectivity index is 1.14. The van der Waals surface area contributed by atoms with E-state index in [1.165, 1.54) is 6.33 Å². The maximum absolute atomic E-state index is 13.3. The van der Waals surface area contributed by atoms with Crippen molar-refractivity contribution in [1.29, 1.82) is 0 Å². The van der Waals surface area contributed by atoms with Crippen LogP contribution in [0.25, 0.3) is 21.8 Å². The van der Waals surface area contributed by atoms with Gasteiger partial charge < -0.3 is 24.7 Å². The number of hydrogen-bond acceptors (Lipinski definition) is 6. The number of para-hydroxylation sites is 1. The molecule has 0 radical (unpaired) electrons. The highest BCUT2D eigenvalue weighted by Gasteiger charge is 2.26. The first-order valence-corrected chi connectivity index (χ1v) is 11.9. The molecule has 0 aliphatic carbocycles. The molecule has 5 aromatic rings. The van der Waals surface area contributed by atoms with E-state index in [9.17, 15) is 4.79 Å². The van der Waals surface area contributed by atoms with E-state index in [1.807, 2.05) is 54.3 Å². The van der Waals surface area contributed by atoms with Gasteiger partial charge in [-0.15, -0.1) is 0 Å². The van der Waals surface area contributed by atoms with Crippen molar-refractivity contribution >= 4 is 44.9 Å². The van der Waals surface area contributed by atoms with Crippen molar-refractivity contribution in [2.24, 2.45) is 0 Å². The number of aromatic nitrogens is 3. The minimum absolute atomic E-state index is 0.111. The molecular weight excluding hydrogens is 454 g/mol. The molecule has 2 aromatic heterocycles. The van der Waals surface area contributed by atoms with Crippen molar-refractivity contribution in [3.8, 4) is 11.5 Å². The zero-order valence-electron chi connectivity index (χ0n) is 19.7. The van der Waals surface area contributed by atoms with Gasteiger partial charge in [-0.1, -0.05) is 18.2 Å². The van der Waals surface area contributed by atoms with Gasteiger partial charge in [0.2, 0.25) is 12.7 Å². The lowest BCUT2D eigenvalue weighted by Crippen LogP contribution is -2.30. The first-order valence-electron chi connectivity index (χ1n) is 11.9. The van der Waals surface area contributed by atoms with E-state index < -0.39 is 0 Å². The normalized spacial score (nSPS) is 14.0. The Morgan fingerprint density at radius 1 is 1.06 bits per heavy atom. The maximum atomic E-state index is 13.3. The van der Waals surface area contributed by atoms with Crippen LogP contribution in [0.1, 0.15) is 16.8 Å². The summed E-state index contributed by atoms with van der Waals surface area (Å²) >= 11 is 0. The van der Waals surface area contributed by atoms with Gasteiger partial charge in [0.25, 0.3) is 0 Å². The number of carbonyl (C=O) groups is 1. The molecule has 0 spiro atoms. The van der Waals surface area contributed by atoms with Crippen LogP contribution in [0.4, 0.5) is 17.2 Å². The van der Waals surface area contributed by atoms with E-state index in [4.69, 9.17) is 9.47 Å². The third-order valence-electron chi connectivity index (χ3n) is 7.02. The second-order valence-corrected chi connectivity index (χ2v) is 9.16. The number of carbonyl (C=O) groups excluding carboxylic acids is 1. The van der Waals surface area contributed by atoms with Gasteiger partial charge in [-0.3, -0.25) is 4.79 Å². The van der Waals surface area contributed by atoms with Crippen molar-refractivity contribution in [2.75, 3.05) is 23.6 Å². The monoisotopic (exact) mass is 477 g/mol. The summed E-state index contributed by atoms with van der Waals surface area (Å²) in [6.07, 6.45) is 2.72. The largest absolute Gasteiger partial charge is 0.454 e. The standard InChI is InChI=1S/C28H23N5O3/c1-16-20(19-4-2-3-5-22(19)31-16)12-27(34)33-9-8-17-10-18(6-7-24(17)33)32-28-21-11-25-26(36-15-35-25)13-23(21)29-14-30-28/h2-7,10-11,13-14,31H,8-9,12,15H2,1H3,(H,29,30,32). The molecule has 2 aliphatic heterocycles. The smallest absolute Gasteiger partial charge is 0.231 e. The summed E-state index contributed by atoms with van der Waals surface area (Å²) in [5, 5.41) is 5.39. The topological polar surface area (TPSA) is 92.4 Å². The van der Waals surface area contributed by atoms with E-state index in [0.29, 0.717) is 30.3 Å². The minimum Gasteiger partial charge on any atom is -0.454 e. The van der Waals surface area contributed by atoms with Crippen LogP contribution in [0.2, 0.25) is 0 Å². The molecule has 0 saturated carbocycles. The molecule has 0 saturated heterocycles. The Morgan fingerprint density at radius 3 is 2.83 bits per heavy atom. The molecule has 2 aliphatic rings. The number of hydrogen-bond donors (Lipinski definition) is 2. The van der Waals surface area contributed by atoms with E-state index in [2.05, 4.69) is 32.4 Å². The lowest BCUT2D eigenvalue weighted by molar-refractivity contribution is -0.117. The highest BCUT2D eigenvalue weighted by Crippen LogP contribution is 2.38. The van der Waals surface area contributed by atoms with Crippen LogP contribution in [0.15, 0.2) is 60.9 Å². The van der Waals surface area contributed by atoms with Crippen LogP contribution in [0.5, 0.6) is 11.5 Å². The van der Waals surface area contributed by atoms with Crippen LogP contribution in [-0.4, -0.2) is 34.2 Å². The SMILES string of the molecule is Cc1[nH]c2ccccc2c1CC(=O)N1CCc2cc(Nc3ncnc4cc5c(cc34)OCO5)ccc21. The fraction of sp³-hybridized carbons (Fsp3) is 0.179. The molecule has 1 amide bonds. The van der Waals surface area contributed by atoms with Gasteiger partial charge in [-0.2, -0.15) is 0 Å². The molecule has 0 unspecified atom stereocenters. The first-order chi connectivity index (χ1) is 17.6. The van der Waals surface area contributed by atoms with E-state index in [-0.39, 0.29) is 12.7 Å². The zero-order valence-corrected chi connectivity index (χ0v) is 19.7. The Morgan fingerprint density at radius 2 is 1.92 bits per heavy atom. The van der Waals surface area contributed by atoms with Crippen LogP contribution in [0.3, 0.4) is 0 Å². The fourth-order valence-corrected chi connectivity index (χ4v) is 5.23. The molecule has 8 nitrogen and oxygen atoms in total. The van der Waals surface area contributed by atoms with Crippen molar-refractivity contribution in [1.82, 2.24) is 15.0 Å². The lowest BCUT2D eigenvalue weighted by atomic mass is 10.1. The number of H-pyrrole nitrogens is 1. The third-order valence-corrected chi connectivity index (χ3v) is 7.02. The van der Waals surface area contributed by atoms with Gasteiger partial charge in [0.05, 0.1) is 11.9 Å². The highest BCUT2D eigenvalue weighted by atomic mass is 16.7. The minimum atomic E-state index is 0.111. The number of nitrogens with zero attached hydrogens (tertiary/aromatic N) is 3. The Labute approximate surface area is 206 Å². The molecule has 3 aromatic carbocycles. The third kappa shape index (κ3) is 3.33. The number of aryl methyl sites for hydroxylation is 1. The highest BCUT2D eigenvalue weighted by molar-refractivity contribution is 6.00. The summed E-state index contributed by atoms with van der Waals surface area (Å²) in [4.78, 5) is 27.5. The Kier molecular flexibility index (Phi) is 4.60. The van der Waals surface area contributed by atoms with Crippen LogP contribution >= 0.6 is 0 Å². The fourth-order valence-electron chi connectivity index (χ4n) is 5.23. The number of ether oxygens (including phenoxy) is 2. The summed E-state index contributed by atoms with van der Waals surface area (Å²) in [6, 6.07) is 18.0. The van der Waals surface area contributed by atoms with Crippen molar-refractivity contribution < 1.29 is 14.3 Å². The molecule has 7 rings (SSSR count). The van der Waals surface area contributed by atoms with Crippen molar-refractivity contribution in [3.05, 3.63) is 77.7 Å². The number of aromatic amines is 1. The molecule has 36 heavy (non-hydrogen) atoms. The molecule has 0 fully saturated rings. The number of rotatable bonds is 4. The van der Waals surface area contributed by atoms with Crippen molar-refractivity contribution in [3.63, 3.8) is 0 Å². The predicted octanol–water partition coefficient (Wildman–Crippen LogP) is 5.02. The molecular formula is C28H23N5O3. The molecule has 4 heterocycles. The van der Waals surface area contributed by atoms with Gasteiger partial charge >= 0.3 is 0 Å². The van der Waals surface area contributed by atoms with E-state index in [0.717, 1.165) is 56.4 Å². The van der Waals surface area contributed by atoms with Gasteiger partial charge in [0.1, 0.15) is 12.1 Å². The molecule has 0 bridgehead atoms. The average molecular weight is 478 g/mol. The summed E-state index contributed by atoms with van der Waals surface area (Å²) in [5.41, 5.74) is 6.98. The Hall–Kier alpha value is -4.59. The van der Waals surface area contributed by atoms with Gasteiger partial charge in [0.15, 0.2) is 11.5 Å². The number of nitrogens with one attached hydrogen (secondary N) is 2. The number of amides is 1. The number of benzene rings is 3. The van der Waals surface area contributed by atoms with Gasteiger partial charge in [0, 0.05) is 46.0 Å². The van der Waals surface area contributed by atoms with E-state index >= 15 is 0 Å². The summed E-state index contributed by atoms with van der Waals surface area (Å²) < 4.78 is 11.0. The summed E-state index contributed by atoms with van der Waals surface area (Å²) in [6.45, 7) is 2.92. The first kappa shape index (κ1) is 20.8. The average Bonchev–Trinajstić information content (AvgIpc) is 3.60. The maximum Gasteiger partial charge on any atom is 0.231 e. The molecule has 178 valence electrons. The molecule has 2 N–H and O–H groups in total. The second-order valence-electron chi connectivity index (χ2n) is 9.16. The summed E-state index contributed by atoms with van der Waals surface area (Å²) in [5.74, 6) is 2.19. The zero-order chi connectivity index (χ0) is 24.2. The van der Waals surface area contributed by atoms with E-state index in [1.54, 1.807) is 0 Å². The van der Waals surface area contributed by atoms with Gasteiger partial charge in [-0.25, -0.2) is 9.97 Å². The predicted molar refractivity (Wildman–Crippen MR) is 138 cm³/mol. The Bertz CT molecular complexity index is 1680. The van der Waals surface area contributed by atoms with Crippen LogP contribution in [-0.2, 0) is 17.6 Å². The second kappa shape index (κ2) is 7.98. The summed E-state index contributed by atoms with van der Waals surface area (Å²) in [7, 11) is 0. The number of fused-ring (bicyclic) bond motifs is 4. The van der Waals surface area contributed by atoms with Crippen LogP contribution in [0, 0.1) is 6.92 Å². The molecule has 0 atom stereocenters. The lowest BCUT2D eigenvalue weighted by Gasteiger charge is -2.18. The van der Waals surface area contributed by atoms with Crippen LogP contribution < -0.4 is 19.7 Å².